The van der Waals surface area contributed by atoms with Crippen molar-refractivity contribution in [2.75, 3.05) is 0 Å². The minimum Gasteiger partial charge on any atom is -0.369 e. The van der Waals surface area contributed by atoms with Crippen LogP contribution in [0.1, 0.15) is 31.9 Å². The van der Waals surface area contributed by atoms with Crippen LogP contribution in [0.25, 0.3) is 0 Å². The van der Waals surface area contributed by atoms with Crippen molar-refractivity contribution in [3.63, 3.8) is 0 Å². The van der Waals surface area contributed by atoms with Crippen LogP contribution in [0.2, 0.25) is 0 Å². The molecule has 2 rings (SSSR count). The van der Waals surface area contributed by atoms with Crippen molar-refractivity contribution in [2.24, 2.45) is 17.6 Å². The predicted molar refractivity (Wildman–Crippen MR) is 68.1 cm³/mol. The molecule has 1 fully saturated rings. The number of nitrogens with one attached hydrogen (secondary N) is 1. The third kappa shape index (κ3) is 2.65. The molecule has 1 aromatic carbocycles. The van der Waals surface area contributed by atoms with Gasteiger partial charge in [0, 0.05) is 23.7 Å². The number of hydrogen-bond acceptors (Lipinski definition) is 2. The van der Waals surface area contributed by atoms with Gasteiger partial charge in [0.25, 0.3) is 0 Å². The second-order valence-electron chi connectivity index (χ2n) is 5.47. The van der Waals surface area contributed by atoms with E-state index in [0.29, 0.717) is 12.5 Å². The van der Waals surface area contributed by atoms with Crippen molar-refractivity contribution in [1.82, 2.24) is 5.32 Å². The van der Waals surface area contributed by atoms with E-state index >= 15 is 0 Å². The van der Waals surface area contributed by atoms with E-state index in [0.717, 1.165) is 6.07 Å². The van der Waals surface area contributed by atoms with E-state index in [-0.39, 0.29) is 17.5 Å². The minimum atomic E-state index is -1.25. The Balaban J connectivity index is 2.47. The number of hydrogen-bond donors (Lipinski definition) is 2. The molecule has 1 saturated heterocycles. The lowest BCUT2D eigenvalue weighted by Gasteiger charge is -2.39. The van der Waals surface area contributed by atoms with Gasteiger partial charge < -0.3 is 11.1 Å². The fourth-order valence-corrected chi connectivity index (χ4v) is 3.02. The van der Waals surface area contributed by atoms with E-state index in [9.17, 15) is 18.0 Å². The van der Waals surface area contributed by atoms with Crippen molar-refractivity contribution in [3.05, 3.63) is 35.1 Å². The summed E-state index contributed by atoms with van der Waals surface area (Å²) in [7, 11) is 0. The fraction of sp³-hybridized carbons (Fsp3) is 0.500. The summed E-state index contributed by atoms with van der Waals surface area (Å²) in [5.41, 5.74) is 5.32. The van der Waals surface area contributed by atoms with E-state index in [1.165, 1.54) is 0 Å². The molecule has 110 valence electrons. The van der Waals surface area contributed by atoms with Gasteiger partial charge in [-0.25, -0.2) is 13.2 Å². The fourth-order valence-electron chi connectivity index (χ4n) is 3.02. The van der Waals surface area contributed by atoms with Gasteiger partial charge in [-0.2, -0.15) is 0 Å². The van der Waals surface area contributed by atoms with Crippen molar-refractivity contribution in [2.45, 2.75) is 32.4 Å². The molecule has 0 bridgehead atoms. The van der Waals surface area contributed by atoms with Crippen LogP contribution in [-0.4, -0.2) is 11.9 Å². The van der Waals surface area contributed by atoms with Crippen LogP contribution >= 0.6 is 0 Å². The van der Waals surface area contributed by atoms with Crippen molar-refractivity contribution in [1.29, 1.82) is 0 Å². The maximum absolute atomic E-state index is 13.9. The molecular formula is C14H17F3N2O. The predicted octanol–water partition coefficient (Wildman–Crippen LogP) is 2.26. The summed E-state index contributed by atoms with van der Waals surface area (Å²) in [4.78, 5) is 11.6. The summed E-state index contributed by atoms with van der Waals surface area (Å²) in [6.45, 7) is 3.73. The number of primary amides is 1. The average molecular weight is 286 g/mol. The lowest BCUT2D eigenvalue weighted by molar-refractivity contribution is -0.125. The van der Waals surface area contributed by atoms with E-state index in [1.807, 2.05) is 13.8 Å². The Morgan fingerprint density at radius 3 is 2.40 bits per heavy atom. The van der Waals surface area contributed by atoms with Gasteiger partial charge in [0.1, 0.15) is 5.82 Å². The summed E-state index contributed by atoms with van der Waals surface area (Å²) in [6, 6.07) is 0.566. The largest absolute Gasteiger partial charge is 0.369 e. The number of carbonyl (C=O) groups is 1. The Kier molecular flexibility index (Phi) is 4.04. The first-order valence-corrected chi connectivity index (χ1v) is 6.51. The number of rotatable bonds is 2. The Morgan fingerprint density at radius 2 is 1.80 bits per heavy atom. The second kappa shape index (κ2) is 5.44. The van der Waals surface area contributed by atoms with E-state index in [1.54, 1.807) is 0 Å². The van der Waals surface area contributed by atoms with Gasteiger partial charge in [-0.3, -0.25) is 4.79 Å². The van der Waals surface area contributed by atoms with Crippen LogP contribution < -0.4 is 11.1 Å². The highest BCUT2D eigenvalue weighted by Crippen LogP contribution is 2.36. The normalized spacial score (nSPS) is 30.2. The minimum absolute atomic E-state index is 0.0260. The maximum atomic E-state index is 13.9. The molecule has 20 heavy (non-hydrogen) atoms. The van der Waals surface area contributed by atoms with Gasteiger partial charge >= 0.3 is 0 Å². The summed E-state index contributed by atoms with van der Waals surface area (Å²) in [5.74, 6) is -4.58. The molecule has 0 saturated carbocycles. The molecule has 0 spiro atoms. The van der Waals surface area contributed by atoms with Crippen molar-refractivity contribution >= 4 is 5.91 Å². The van der Waals surface area contributed by atoms with Gasteiger partial charge in [0.15, 0.2) is 11.6 Å². The van der Waals surface area contributed by atoms with Gasteiger partial charge in [-0.1, -0.05) is 6.92 Å². The summed E-state index contributed by atoms with van der Waals surface area (Å²) >= 11 is 0. The molecule has 4 atom stereocenters. The highest BCUT2D eigenvalue weighted by atomic mass is 19.2. The van der Waals surface area contributed by atoms with E-state index in [2.05, 4.69) is 5.32 Å². The van der Waals surface area contributed by atoms with Crippen LogP contribution in [0.4, 0.5) is 13.2 Å². The molecule has 1 aliphatic heterocycles. The highest BCUT2D eigenvalue weighted by Gasteiger charge is 2.39. The van der Waals surface area contributed by atoms with Gasteiger partial charge in [0.05, 0.1) is 5.92 Å². The number of nitrogens with two attached hydrogens (primary N) is 1. The standard InChI is InChI=1S/C14H17F3N2O/c1-6-3-7(2)19-13(12(6)14(18)20)8-4-10(16)11(17)5-9(8)15/h4-7,12-13,19H,3H2,1-2H3,(H2,18,20). The summed E-state index contributed by atoms with van der Waals surface area (Å²) in [6.07, 6.45) is 0.704. The van der Waals surface area contributed by atoms with Crippen LogP contribution in [-0.2, 0) is 4.79 Å². The second-order valence-corrected chi connectivity index (χ2v) is 5.47. The molecule has 6 heteroatoms. The van der Waals surface area contributed by atoms with Crippen LogP contribution in [0.3, 0.4) is 0 Å². The smallest absolute Gasteiger partial charge is 0.222 e. The first-order valence-electron chi connectivity index (χ1n) is 6.51. The molecule has 1 aliphatic rings. The zero-order chi connectivity index (χ0) is 15.0. The first kappa shape index (κ1) is 14.8. The number of carbonyl (C=O) groups excluding carboxylic acids is 1. The zero-order valence-corrected chi connectivity index (χ0v) is 11.3. The van der Waals surface area contributed by atoms with Crippen LogP contribution in [0.15, 0.2) is 12.1 Å². The maximum Gasteiger partial charge on any atom is 0.222 e. The number of piperidine rings is 1. The van der Waals surface area contributed by atoms with Crippen molar-refractivity contribution < 1.29 is 18.0 Å². The molecule has 1 amide bonds. The quantitative estimate of drug-likeness (QED) is 0.819. The van der Waals surface area contributed by atoms with E-state index in [4.69, 9.17) is 5.73 Å². The molecule has 4 unspecified atom stereocenters. The van der Waals surface area contributed by atoms with Gasteiger partial charge in [-0.05, 0) is 25.3 Å². The average Bonchev–Trinajstić information content (AvgIpc) is 2.32. The lowest BCUT2D eigenvalue weighted by Crippen LogP contribution is -2.49. The molecule has 0 radical (unpaired) electrons. The van der Waals surface area contributed by atoms with Crippen molar-refractivity contribution in [3.8, 4) is 0 Å². The zero-order valence-electron chi connectivity index (χ0n) is 11.3. The van der Waals surface area contributed by atoms with Crippen LogP contribution in [0.5, 0.6) is 0 Å². The third-order valence-electron chi connectivity index (χ3n) is 3.86. The summed E-state index contributed by atoms with van der Waals surface area (Å²) in [5, 5.41) is 3.05. The number of amides is 1. The molecule has 0 aromatic heterocycles. The van der Waals surface area contributed by atoms with Gasteiger partial charge in [-0.15, -0.1) is 0 Å². The van der Waals surface area contributed by atoms with Crippen LogP contribution in [0, 0.1) is 29.3 Å². The van der Waals surface area contributed by atoms with E-state index < -0.39 is 35.3 Å². The topological polar surface area (TPSA) is 55.1 Å². The van der Waals surface area contributed by atoms with Gasteiger partial charge in [0.2, 0.25) is 5.91 Å². The number of halogens is 3. The Hall–Kier alpha value is -1.56. The Morgan fingerprint density at radius 1 is 1.20 bits per heavy atom. The molecule has 3 nitrogen and oxygen atoms in total. The Bertz CT molecular complexity index is 535. The Labute approximate surface area is 115 Å². The third-order valence-corrected chi connectivity index (χ3v) is 3.86. The highest BCUT2D eigenvalue weighted by molar-refractivity contribution is 5.78. The monoisotopic (exact) mass is 286 g/mol. The summed E-state index contributed by atoms with van der Waals surface area (Å²) < 4.78 is 40.3. The lowest BCUT2D eigenvalue weighted by atomic mass is 9.76. The number of benzene rings is 1. The molecule has 3 N–H and O–H groups in total. The SMILES string of the molecule is CC1CC(C)C(C(N)=O)C(c2cc(F)c(F)cc2F)N1. The first-order chi connectivity index (χ1) is 9.31. The molecule has 1 heterocycles. The molecular weight excluding hydrogens is 269 g/mol. The molecule has 1 aromatic rings. The molecule has 0 aliphatic carbocycles.